The average Bonchev–Trinajstić information content (AvgIpc) is 2.24. The van der Waals surface area contributed by atoms with Crippen molar-refractivity contribution in [1.82, 2.24) is 0 Å². The van der Waals surface area contributed by atoms with Gasteiger partial charge >= 0.3 is 0 Å². The third kappa shape index (κ3) is 3.98. The van der Waals surface area contributed by atoms with Gasteiger partial charge in [0, 0.05) is 16.7 Å². The number of amides is 1. The van der Waals surface area contributed by atoms with Crippen molar-refractivity contribution in [3.63, 3.8) is 0 Å². The molecule has 5 heteroatoms. The second-order valence-electron chi connectivity index (χ2n) is 4.20. The van der Waals surface area contributed by atoms with E-state index in [0.717, 1.165) is 4.47 Å². The first-order valence-corrected chi connectivity index (χ1v) is 6.58. The molecule has 0 heterocycles. The minimum atomic E-state index is -0.183. The smallest absolute Gasteiger partial charge is 0.229 e. The Bertz CT molecular complexity index is 409. The van der Waals surface area contributed by atoms with Gasteiger partial charge in [-0.3, -0.25) is 4.79 Å². The molecule has 0 spiro atoms. The predicted molar refractivity (Wildman–Crippen MR) is 75.2 cm³/mol. The standard InChI is InChI=1S/C12H16BrClN2O/c1-7(2)9(6-15)12(17)16-8-3-4-10(13)11(14)5-8/h3-5,7,9H,6,15H2,1-2H3,(H,16,17). The van der Waals surface area contributed by atoms with E-state index in [9.17, 15) is 4.79 Å². The third-order valence-electron chi connectivity index (χ3n) is 2.58. The van der Waals surface area contributed by atoms with Crippen LogP contribution in [-0.4, -0.2) is 12.5 Å². The summed E-state index contributed by atoms with van der Waals surface area (Å²) in [7, 11) is 0. The van der Waals surface area contributed by atoms with Crippen LogP contribution in [0, 0.1) is 11.8 Å². The Hall–Kier alpha value is -0.580. The number of hydrogen-bond acceptors (Lipinski definition) is 2. The molecule has 1 aromatic rings. The molecule has 1 amide bonds. The van der Waals surface area contributed by atoms with Crippen LogP contribution in [0.3, 0.4) is 0 Å². The molecule has 94 valence electrons. The Kier molecular flexibility index (Phi) is 5.43. The number of carbonyl (C=O) groups excluding carboxylic acids is 1. The lowest BCUT2D eigenvalue weighted by atomic mass is 9.95. The fraction of sp³-hybridized carbons (Fsp3) is 0.417. The summed E-state index contributed by atoms with van der Waals surface area (Å²) in [5, 5.41) is 3.38. The molecule has 0 aliphatic heterocycles. The molecule has 0 aliphatic rings. The van der Waals surface area contributed by atoms with Crippen molar-refractivity contribution in [2.45, 2.75) is 13.8 Å². The van der Waals surface area contributed by atoms with Crippen molar-refractivity contribution in [3.05, 3.63) is 27.7 Å². The van der Waals surface area contributed by atoms with Gasteiger partial charge in [-0.15, -0.1) is 0 Å². The van der Waals surface area contributed by atoms with Gasteiger partial charge in [0.1, 0.15) is 0 Å². The Morgan fingerprint density at radius 1 is 1.53 bits per heavy atom. The predicted octanol–water partition coefficient (Wildman–Crippen LogP) is 3.27. The van der Waals surface area contributed by atoms with Crippen LogP contribution in [0.15, 0.2) is 22.7 Å². The maximum absolute atomic E-state index is 11.9. The summed E-state index contributed by atoms with van der Waals surface area (Å²) in [6.07, 6.45) is 0. The van der Waals surface area contributed by atoms with E-state index in [2.05, 4.69) is 21.2 Å². The highest BCUT2D eigenvalue weighted by Gasteiger charge is 2.20. The molecule has 0 aliphatic carbocycles. The van der Waals surface area contributed by atoms with Gasteiger partial charge in [-0.25, -0.2) is 0 Å². The molecule has 17 heavy (non-hydrogen) atoms. The molecule has 0 saturated heterocycles. The lowest BCUT2D eigenvalue weighted by Gasteiger charge is -2.18. The Balaban J connectivity index is 2.77. The average molecular weight is 320 g/mol. The summed E-state index contributed by atoms with van der Waals surface area (Å²) in [5.74, 6) is -0.0377. The van der Waals surface area contributed by atoms with Crippen LogP contribution in [0.2, 0.25) is 5.02 Å². The highest BCUT2D eigenvalue weighted by molar-refractivity contribution is 9.10. The third-order valence-corrected chi connectivity index (χ3v) is 3.82. The number of carbonyl (C=O) groups is 1. The molecule has 1 unspecified atom stereocenters. The van der Waals surface area contributed by atoms with Gasteiger partial charge in [0.05, 0.1) is 10.9 Å². The maximum Gasteiger partial charge on any atom is 0.229 e. The number of rotatable bonds is 4. The first-order valence-electron chi connectivity index (χ1n) is 5.41. The van der Waals surface area contributed by atoms with Gasteiger partial charge in [0.15, 0.2) is 0 Å². The first-order chi connectivity index (χ1) is 7.95. The van der Waals surface area contributed by atoms with Gasteiger partial charge in [0.2, 0.25) is 5.91 Å². The summed E-state index contributed by atoms with van der Waals surface area (Å²) in [6, 6.07) is 5.30. The Labute approximate surface area is 115 Å². The summed E-state index contributed by atoms with van der Waals surface area (Å²) in [6.45, 7) is 4.30. The monoisotopic (exact) mass is 318 g/mol. The van der Waals surface area contributed by atoms with Crippen LogP contribution < -0.4 is 11.1 Å². The molecular weight excluding hydrogens is 304 g/mol. The number of anilines is 1. The van der Waals surface area contributed by atoms with Crippen molar-refractivity contribution < 1.29 is 4.79 Å². The zero-order valence-electron chi connectivity index (χ0n) is 9.84. The van der Waals surface area contributed by atoms with E-state index in [1.807, 2.05) is 13.8 Å². The largest absolute Gasteiger partial charge is 0.330 e. The van der Waals surface area contributed by atoms with Crippen LogP contribution >= 0.6 is 27.5 Å². The van der Waals surface area contributed by atoms with Gasteiger partial charge in [0.25, 0.3) is 0 Å². The lowest BCUT2D eigenvalue weighted by molar-refractivity contribution is -0.120. The normalized spacial score (nSPS) is 12.6. The Morgan fingerprint density at radius 2 is 2.18 bits per heavy atom. The fourth-order valence-electron chi connectivity index (χ4n) is 1.49. The topological polar surface area (TPSA) is 55.1 Å². The lowest BCUT2D eigenvalue weighted by Crippen LogP contribution is -2.33. The number of hydrogen-bond donors (Lipinski definition) is 2. The molecule has 3 N–H and O–H groups in total. The molecule has 0 aromatic heterocycles. The minimum Gasteiger partial charge on any atom is -0.330 e. The fourth-order valence-corrected chi connectivity index (χ4v) is 1.92. The van der Waals surface area contributed by atoms with Gasteiger partial charge < -0.3 is 11.1 Å². The van der Waals surface area contributed by atoms with E-state index in [1.54, 1.807) is 18.2 Å². The highest BCUT2D eigenvalue weighted by atomic mass is 79.9. The first kappa shape index (κ1) is 14.5. The van der Waals surface area contributed by atoms with Crippen LogP contribution in [0.5, 0.6) is 0 Å². The second kappa shape index (κ2) is 6.38. The summed E-state index contributed by atoms with van der Waals surface area (Å²) >= 11 is 9.25. The van der Waals surface area contributed by atoms with Crippen LogP contribution in [-0.2, 0) is 4.79 Å². The molecule has 1 rings (SSSR count). The van der Waals surface area contributed by atoms with Gasteiger partial charge in [-0.2, -0.15) is 0 Å². The van der Waals surface area contributed by atoms with E-state index in [4.69, 9.17) is 17.3 Å². The molecular formula is C12H16BrClN2O. The van der Waals surface area contributed by atoms with Crippen molar-refractivity contribution in [2.24, 2.45) is 17.6 Å². The number of nitrogens with two attached hydrogens (primary N) is 1. The van der Waals surface area contributed by atoms with E-state index >= 15 is 0 Å². The minimum absolute atomic E-state index is 0.0686. The highest BCUT2D eigenvalue weighted by Crippen LogP contribution is 2.26. The van der Waals surface area contributed by atoms with Crippen molar-refractivity contribution in [2.75, 3.05) is 11.9 Å². The summed E-state index contributed by atoms with van der Waals surface area (Å²) in [4.78, 5) is 11.9. The van der Waals surface area contributed by atoms with Gasteiger partial charge in [-0.1, -0.05) is 25.4 Å². The Morgan fingerprint density at radius 3 is 2.65 bits per heavy atom. The van der Waals surface area contributed by atoms with Crippen LogP contribution in [0.1, 0.15) is 13.8 Å². The molecule has 1 atom stereocenters. The maximum atomic E-state index is 11.9. The quantitative estimate of drug-likeness (QED) is 0.895. The second-order valence-corrected chi connectivity index (χ2v) is 5.47. The number of nitrogens with one attached hydrogen (secondary N) is 1. The molecule has 3 nitrogen and oxygen atoms in total. The molecule has 1 aromatic carbocycles. The van der Waals surface area contributed by atoms with Crippen LogP contribution in [0.4, 0.5) is 5.69 Å². The SMILES string of the molecule is CC(C)C(CN)C(=O)Nc1ccc(Br)c(Cl)c1. The number of benzene rings is 1. The van der Waals surface area contributed by atoms with Crippen molar-refractivity contribution in [3.8, 4) is 0 Å². The van der Waals surface area contributed by atoms with Crippen molar-refractivity contribution in [1.29, 1.82) is 0 Å². The zero-order valence-corrected chi connectivity index (χ0v) is 12.2. The zero-order chi connectivity index (χ0) is 13.0. The molecule has 0 saturated carbocycles. The van der Waals surface area contributed by atoms with E-state index in [-0.39, 0.29) is 17.7 Å². The van der Waals surface area contributed by atoms with E-state index in [1.165, 1.54) is 0 Å². The van der Waals surface area contributed by atoms with Crippen LogP contribution in [0.25, 0.3) is 0 Å². The summed E-state index contributed by atoms with van der Waals surface area (Å²) < 4.78 is 0.802. The van der Waals surface area contributed by atoms with E-state index < -0.39 is 0 Å². The number of halogens is 2. The summed E-state index contributed by atoms with van der Waals surface area (Å²) in [5.41, 5.74) is 6.27. The van der Waals surface area contributed by atoms with E-state index in [0.29, 0.717) is 17.3 Å². The van der Waals surface area contributed by atoms with Gasteiger partial charge in [-0.05, 0) is 40.0 Å². The van der Waals surface area contributed by atoms with Crippen molar-refractivity contribution >= 4 is 39.1 Å². The molecule has 0 fully saturated rings. The molecule has 0 radical (unpaired) electrons. The molecule has 0 bridgehead atoms.